The summed E-state index contributed by atoms with van der Waals surface area (Å²) in [6.07, 6.45) is 1.21. The minimum absolute atomic E-state index is 0.00196. The van der Waals surface area contributed by atoms with Crippen molar-refractivity contribution >= 4 is 5.91 Å². The van der Waals surface area contributed by atoms with Crippen LogP contribution in [0, 0.1) is 0 Å². The van der Waals surface area contributed by atoms with Gasteiger partial charge in [-0.2, -0.15) is 0 Å². The lowest BCUT2D eigenvalue weighted by Crippen LogP contribution is -2.34. The van der Waals surface area contributed by atoms with Crippen molar-refractivity contribution in [1.82, 2.24) is 4.90 Å². The number of nitrogens with zero attached hydrogens (tertiary/aromatic N) is 1. The molecule has 2 rings (SSSR count). The van der Waals surface area contributed by atoms with Gasteiger partial charge in [0.25, 0.3) is 0 Å². The highest BCUT2D eigenvalue weighted by Gasteiger charge is 2.30. The number of aliphatic hydroxyl groups is 1. The van der Waals surface area contributed by atoms with Gasteiger partial charge in [0.15, 0.2) is 0 Å². The molecule has 1 aromatic carbocycles. The van der Waals surface area contributed by atoms with Crippen LogP contribution in [0.3, 0.4) is 0 Å². The Morgan fingerprint density at radius 2 is 2.16 bits per heavy atom. The molecule has 19 heavy (non-hydrogen) atoms. The third-order valence-electron chi connectivity index (χ3n) is 3.49. The van der Waals surface area contributed by atoms with E-state index in [2.05, 4.69) is 0 Å². The van der Waals surface area contributed by atoms with E-state index in [9.17, 15) is 9.90 Å². The Morgan fingerprint density at radius 3 is 2.79 bits per heavy atom. The summed E-state index contributed by atoms with van der Waals surface area (Å²) in [6.45, 7) is 0.433. The molecule has 1 fully saturated rings. The summed E-state index contributed by atoms with van der Waals surface area (Å²) in [5.74, 6) is 1.52. The highest BCUT2D eigenvalue weighted by atomic mass is 16.5. The topological polar surface area (TPSA) is 59.0 Å². The minimum Gasteiger partial charge on any atom is -0.497 e. The molecule has 0 saturated carbocycles. The van der Waals surface area contributed by atoms with Crippen LogP contribution in [0.1, 0.15) is 18.4 Å². The Hall–Kier alpha value is -1.75. The van der Waals surface area contributed by atoms with Crippen molar-refractivity contribution in [2.24, 2.45) is 0 Å². The molecule has 0 aromatic heterocycles. The fourth-order valence-corrected chi connectivity index (χ4v) is 2.39. The van der Waals surface area contributed by atoms with E-state index in [0.717, 1.165) is 17.1 Å². The van der Waals surface area contributed by atoms with Crippen LogP contribution in [-0.4, -0.2) is 42.8 Å². The molecule has 0 aliphatic carbocycles. The number of rotatable bonds is 5. The van der Waals surface area contributed by atoms with E-state index in [1.54, 1.807) is 19.1 Å². The Balaban J connectivity index is 2.23. The van der Waals surface area contributed by atoms with Crippen molar-refractivity contribution in [2.45, 2.75) is 25.4 Å². The second-order valence-electron chi connectivity index (χ2n) is 4.57. The summed E-state index contributed by atoms with van der Waals surface area (Å²) in [4.78, 5) is 13.6. The first-order valence-electron chi connectivity index (χ1n) is 6.30. The average molecular weight is 265 g/mol. The number of hydrogen-bond donors (Lipinski definition) is 1. The van der Waals surface area contributed by atoms with Crippen molar-refractivity contribution in [3.63, 3.8) is 0 Å². The van der Waals surface area contributed by atoms with Gasteiger partial charge in [-0.25, -0.2) is 0 Å². The quantitative estimate of drug-likeness (QED) is 0.868. The molecule has 1 unspecified atom stereocenters. The largest absolute Gasteiger partial charge is 0.497 e. The summed E-state index contributed by atoms with van der Waals surface area (Å²) in [5.41, 5.74) is 0.885. The van der Waals surface area contributed by atoms with E-state index in [1.807, 2.05) is 18.2 Å². The van der Waals surface area contributed by atoms with E-state index >= 15 is 0 Å². The molecule has 0 bridgehead atoms. The van der Waals surface area contributed by atoms with E-state index in [0.29, 0.717) is 19.4 Å². The summed E-state index contributed by atoms with van der Waals surface area (Å²) in [5, 5.41) is 9.31. The Morgan fingerprint density at radius 1 is 1.37 bits per heavy atom. The summed E-state index contributed by atoms with van der Waals surface area (Å²) in [7, 11) is 3.20. The maximum Gasteiger partial charge on any atom is 0.223 e. The first-order chi connectivity index (χ1) is 9.19. The monoisotopic (exact) mass is 265 g/mol. The zero-order chi connectivity index (χ0) is 13.8. The number of methoxy groups -OCH3 is 2. The van der Waals surface area contributed by atoms with Gasteiger partial charge in [0.2, 0.25) is 5.91 Å². The third-order valence-corrected chi connectivity index (χ3v) is 3.49. The molecular formula is C14H19NO4. The Labute approximate surface area is 112 Å². The molecule has 5 nitrogen and oxygen atoms in total. The standard InChI is InChI=1S/C14H19NO4/c1-18-12-4-5-13(19-2)10(7-12)8-15-11(9-16)3-6-14(15)17/h4-5,7,11,16H,3,6,8-9H2,1-2H3. The number of hydrogen-bond acceptors (Lipinski definition) is 4. The zero-order valence-electron chi connectivity index (χ0n) is 11.3. The smallest absolute Gasteiger partial charge is 0.223 e. The summed E-state index contributed by atoms with van der Waals surface area (Å²) < 4.78 is 10.5. The molecule has 104 valence electrons. The van der Waals surface area contributed by atoms with E-state index in [4.69, 9.17) is 9.47 Å². The molecule has 1 amide bonds. The Kier molecular flexibility index (Phi) is 4.27. The highest BCUT2D eigenvalue weighted by molar-refractivity contribution is 5.78. The Bertz CT molecular complexity index is 461. The molecule has 5 heteroatoms. The first kappa shape index (κ1) is 13.7. The summed E-state index contributed by atoms with van der Waals surface area (Å²) >= 11 is 0. The van der Waals surface area contributed by atoms with Crippen molar-refractivity contribution < 1.29 is 19.4 Å². The van der Waals surface area contributed by atoms with Gasteiger partial charge in [-0.15, -0.1) is 0 Å². The first-order valence-corrected chi connectivity index (χ1v) is 6.30. The van der Waals surface area contributed by atoms with Gasteiger partial charge in [0.1, 0.15) is 11.5 Å². The van der Waals surface area contributed by atoms with Crippen LogP contribution in [0.4, 0.5) is 0 Å². The number of ether oxygens (including phenoxy) is 2. The number of amides is 1. The van der Waals surface area contributed by atoms with Crippen LogP contribution in [-0.2, 0) is 11.3 Å². The molecule has 1 heterocycles. The predicted molar refractivity (Wildman–Crippen MR) is 70.2 cm³/mol. The second kappa shape index (κ2) is 5.93. The molecule has 1 aliphatic heterocycles. The number of carbonyl (C=O) groups is 1. The summed E-state index contributed by atoms with van der Waals surface area (Å²) in [6, 6.07) is 5.41. The molecule has 0 radical (unpaired) electrons. The second-order valence-corrected chi connectivity index (χ2v) is 4.57. The number of carbonyl (C=O) groups excluding carboxylic acids is 1. The molecular weight excluding hydrogens is 246 g/mol. The molecule has 1 aliphatic rings. The van der Waals surface area contributed by atoms with E-state index in [1.165, 1.54) is 0 Å². The molecule has 1 saturated heterocycles. The number of benzene rings is 1. The maximum atomic E-state index is 11.8. The molecule has 1 atom stereocenters. The van der Waals surface area contributed by atoms with Crippen LogP contribution >= 0.6 is 0 Å². The molecule has 1 aromatic rings. The lowest BCUT2D eigenvalue weighted by Gasteiger charge is -2.24. The van der Waals surface area contributed by atoms with Gasteiger partial charge in [0, 0.05) is 18.5 Å². The van der Waals surface area contributed by atoms with Crippen molar-refractivity contribution in [3.05, 3.63) is 23.8 Å². The van der Waals surface area contributed by atoms with Gasteiger partial charge in [-0.05, 0) is 24.6 Å². The van der Waals surface area contributed by atoms with Crippen molar-refractivity contribution in [2.75, 3.05) is 20.8 Å². The van der Waals surface area contributed by atoms with Crippen LogP contribution in [0.5, 0.6) is 11.5 Å². The average Bonchev–Trinajstić information content (AvgIpc) is 2.79. The van der Waals surface area contributed by atoms with Crippen LogP contribution < -0.4 is 9.47 Å². The van der Waals surface area contributed by atoms with E-state index in [-0.39, 0.29) is 18.6 Å². The lowest BCUT2D eigenvalue weighted by molar-refractivity contribution is -0.130. The van der Waals surface area contributed by atoms with Crippen molar-refractivity contribution in [1.29, 1.82) is 0 Å². The fourth-order valence-electron chi connectivity index (χ4n) is 2.39. The van der Waals surface area contributed by atoms with Gasteiger partial charge in [-0.3, -0.25) is 4.79 Å². The van der Waals surface area contributed by atoms with Crippen LogP contribution in [0.25, 0.3) is 0 Å². The van der Waals surface area contributed by atoms with Crippen LogP contribution in [0.15, 0.2) is 18.2 Å². The fraction of sp³-hybridized carbons (Fsp3) is 0.500. The molecule has 1 N–H and O–H groups in total. The van der Waals surface area contributed by atoms with Gasteiger partial charge in [0.05, 0.1) is 26.9 Å². The zero-order valence-corrected chi connectivity index (χ0v) is 11.3. The third kappa shape index (κ3) is 2.81. The maximum absolute atomic E-state index is 11.8. The van der Waals surface area contributed by atoms with Crippen molar-refractivity contribution in [3.8, 4) is 11.5 Å². The number of aliphatic hydroxyl groups excluding tert-OH is 1. The number of likely N-dealkylation sites (tertiary alicyclic amines) is 1. The van der Waals surface area contributed by atoms with Gasteiger partial charge >= 0.3 is 0 Å². The van der Waals surface area contributed by atoms with Crippen LogP contribution in [0.2, 0.25) is 0 Å². The lowest BCUT2D eigenvalue weighted by atomic mass is 10.1. The molecule has 0 spiro atoms. The normalized spacial score (nSPS) is 18.8. The van der Waals surface area contributed by atoms with Gasteiger partial charge < -0.3 is 19.5 Å². The minimum atomic E-state index is -0.0941. The highest BCUT2D eigenvalue weighted by Crippen LogP contribution is 2.28. The van der Waals surface area contributed by atoms with Gasteiger partial charge in [-0.1, -0.05) is 0 Å². The predicted octanol–water partition coefficient (Wildman–Crippen LogP) is 1.19. The SMILES string of the molecule is COc1ccc(OC)c(CN2C(=O)CCC2CO)c1. The van der Waals surface area contributed by atoms with E-state index < -0.39 is 0 Å².